The lowest BCUT2D eigenvalue weighted by Gasteiger charge is -3.08. The van der Waals surface area contributed by atoms with Gasteiger partial charge in [-0.25, -0.2) is 0 Å². The van der Waals surface area contributed by atoms with Crippen molar-refractivity contribution in [2.75, 3.05) is 6.61 Å². The van der Waals surface area contributed by atoms with Crippen LogP contribution in [0.3, 0.4) is 0 Å². The highest BCUT2D eigenvalue weighted by Crippen LogP contribution is 3.06. The Hall–Kier alpha value is -0.0400. The summed E-state index contributed by atoms with van der Waals surface area (Å²) in [5.41, 5.74) is 0.786. The predicted octanol–water partition coefficient (Wildman–Crippen LogP) is 3.48. The molecule has 1 heterocycles. The summed E-state index contributed by atoms with van der Waals surface area (Å²) in [6.45, 7) is 1.07. The van der Waals surface area contributed by atoms with Gasteiger partial charge in [-0.05, 0) is 54.3 Å². The average Bonchev–Trinajstić information content (AvgIpc) is 2.45. The zero-order chi connectivity index (χ0) is 11.5. The van der Waals surface area contributed by atoms with Crippen LogP contribution in [0.5, 0.6) is 0 Å². The van der Waals surface area contributed by atoms with E-state index in [1.165, 1.54) is 86.4 Å². The lowest BCUT2D eigenvalue weighted by Crippen LogP contribution is -3.07. The molecule has 1 heteroatoms. The first-order valence-electron chi connectivity index (χ1n) is 8.59. The van der Waals surface area contributed by atoms with Gasteiger partial charge in [0.2, 0.25) is 0 Å². The van der Waals surface area contributed by atoms with Crippen molar-refractivity contribution in [2.24, 2.45) is 46.8 Å². The maximum absolute atomic E-state index is 6.43. The topological polar surface area (TPSA) is 9.23 Å². The molecular weight excluding hydrogens is 220 g/mol. The number of hydrogen-bond donors (Lipinski definition) is 0. The van der Waals surface area contributed by atoms with Gasteiger partial charge >= 0.3 is 0 Å². The molecule has 1 atom stereocenters. The molecule has 0 aromatic carbocycles. The van der Waals surface area contributed by atoms with Crippen LogP contribution in [-0.2, 0) is 4.74 Å². The molecular formula is C17H24O. The van der Waals surface area contributed by atoms with Gasteiger partial charge in [0.25, 0.3) is 0 Å². The summed E-state index contributed by atoms with van der Waals surface area (Å²) in [7, 11) is 0. The molecule has 1 saturated heterocycles. The Morgan fingerprint density at radius 1 is 0.667 bits per heavy atom. The molecule has 0 aromatic rings. The van der Waals surface area contributed by atoms with Gasteiger partial charge in [0.05, 0.1) is 6.10 Å². The minimum atomic E-state index is 0.695. The van der Waals surface area contributed by atoms with Crippen molar-refractivity contribution in [3.63, 3.8) is 0 Å². The molecule has 6 saturated carbocycles. The molecule has 18 heavy (non-hydrogen) atoms. The lowest BCUT2D eigenvalue weighted by molar-refractivity contribution is -0.628. The van der Waals surface area contributed by atoms with Crippen molar-refractivity contribution < 1.29 is 4.74 Å². The average molecular weight is 244 g/mol. The highest BCUT2D eigenvalue weighted by molar-refractivity contribution is 5.51. The third kappa shape index (κ3) is 0.690. The van der Waals surface area contributed by atoms with Crippen LogP contribution in [0, 0.1) is 46.8 Å². The second-order valence-electron chi connectivity index (χ2n) is 8.16. The van der Waals surface area contributed by atoms with Crippen molar-refractivity contribution in [3.05, 3.63) is 0 Å². The number of hydrogen-bond acceptors (Lipinski definition) is 1. The van der Waals surface area contributed by atoms with Crippen molar-refractivity contribution in [1.29, 1.82) is 0 Å². The van der Waals surface area contributed by atoms with Crippen LogP contribution >= 0.6 is 0 Å². The maximum Gasteiger partial charge on any atom is 0.0639 e. The van der Waals surface area contributed by atoms with Gasteiger partial charge in [-0.2, -0.15) is 0 Å². The largest absolute Gasteiger partial charge is 0.378 e. The fourth-order valence-electron chi connectivity index (χ4n) is 8.01. The molecule has 0 amide bonds. The van der Waals surface area contributed by atoms with Crippen LogP contribution in [0.4, 0.5) is 0 Å². The van der Waals surface area contributed by atoms with Gasteiger partial charge in [-0.3, -0.25) is 0 Å². The number of rotatable bonds is 1. The Balaban J connectivity index is 1.24. The van der Waals surface area contributed by atoms with E-state index in [0.717, 1.165) is 12.0 Å². The summed E-state index contributed by atoms with van der Waals surface area (Å²) < 4.78 is 6.43. The van der Waals surface area contributed by atoms with E-state index in [4.69, 9.17) is 4.74 Å². The summed E-state index contributed by atoms with van der Waals surface area (Å²) in [4.78, 5) is 0. The van der Waals surface area contributed by atoms with E-state index in [1.54, 1.807) is 0 Å². The molecule has 1 aliphatic heterocycles. The summed E-state index contributed by atoms with van der Waals surface area (Å²) in [6, 6.07) is 0. The molecule has 7 rings (SSSR count). The highest BCUT2D eigenvalue weighted by Gasteiger charge is 3.05. The second kappa shape index (κ2) is 2.85. The molecule has 0 bridgehead atoms. The van der Waals surface area contributed by atoms with Gasteiger partial charge in [0.1, 0.15) is 0 Å². The van der Waals surface area contributed by atoms with Crippen LogP contribution in [0.15, 0.2) is 0 Å². The second-order valence-corrected chi connectivity index (χ2v) is 8.16. The molecule has 98 valence electrons. The fourth-order valence-corrected chi connectivity index (χ4v) is 8.01. The van der Waals surface area contributed by atoms with E-state index in [1.807, 2.05) is 0 Å². The third-order valence-electron chi connectivity index (χ3n) is 8.29. The number of ether oxygens (including phenoxy) is 1. The molecule has 0 N–H and O–H groups in total. The zero-order valence-corrected chi connectivity index (χ0v) is 11.2. The third-order valence-corrected chi connectivity index (χ3v) is 8.29. The first-order valence-corrected chi connectivity index (χ1v) is 8.59. The normalized spacial score (nSPS) is 70.7. The van der Waals surface area contributed by atoms with E-state index < -0.39 is 0 Å². The van der Waals surface area contributed by atoms with Crippen LogP contribution in [0.2, 0.25) is 0 Å². The summed E-state index contributed by atoms with van der Waals surface area (Å²) in [6.07, 6.45) is 10.7. The monoisotopic (exact) mass is 244 g/mol. The highest BCUT2D eigenvalue weighted by atomic mass is 16.5. The predicted molar refractivity (Wildman–Crippen MR) is 68.9 cm³/mol. The summed E-state index contributed by atoms with van der Waals surface area (Å²) in [5, 5.41) is 0. The standard InChI is InChI=1S/C17H24O/c1-2-4-6-8-18-9(7-5-3-1)17-14-11-10-12(14)16(17)13(10)15(11)17/h9-16H,1-8H2. The van der Waals surface area contributed by atoms with E-state index >= 15 is 0 Å². The van der Waals surface area contributed by atoms with E-state index in [-0.39, 0.29) is 0 Å². The lowest BCUT2D eigenvalue weighted by atomic mass is 8.96. The maximum atomic E-state index is 6.43. The van der Waals surface area contributed by atoms with Gasteiger partial charge in [0, 0.05) is 12.0 Å². The van der Waals surface area contributed by atoms with Gasteiger partial charge < -0.3 is 4.74 Å². The van der Waals surface area contributed by atoms with Gasteiger partial charge in [-0.15, -0.1) is 0 Å². The quantitative estimate of drug-likeness (QED) is 0.686. The fraction of sp³-hybridized carbons (Fsp3) is 1.00. The molecule has 1 nitrogen and oxygen atoms in total. The molecule has 0 aromatic heterocycles. The molecule has 1 unspecified atom stereocenters. The molecule has 7 fully saturated rings. The Kier molecular flexibility index (Phi) is 1.55. The van der Waals surface area contributed by atoms with Crippen LogP contribution in [0.25, 0.3) is 0 Å². The summed E-state index contributed by atoms with van der Waals surface area (Å²) >= 11 is 0. The Morgan fingerprint density at radius 2 is 1.28 bits per heavy atom. The minimum absolute atomic E-state index is 0.695. The van der Waals surface area contributed by atoms with Crippen molar-refractivity contribution >= 4 is 0 Å². The Bertz CT molecular complexity index is 353. The first kappa shape index (κ1) is 9.80. The minimum Gasteiger partial charge on any atom is -0.378 e. The zero-order valence-electron chi connectivity index (χ0n) is 11.2. The van der Waals surface area contributed by atoms with E-state index in [0.29, 0.717) is 6.10 Å². The van der Waals surface area contributed by atoms with E-state index in [9.17, 15) is 0 Å². The van der Waals surface area contributed by atoms with Crippen molar-refractivity contribution in [2.45, 2.75) is 51.0 Å². The van der Waals surface area contributed by atoms with Gasteiger partial charge in [-0.1, -0.05) is 32.1 Å². The Morgan fingerprint density at radius 3 is 2.00 bits per heavy atom. The Labute approximate surface area is 110 Å². The van der Waals surface area contributed by atoms with Gasteiger partial charge in [0.15, 0.2) is 0 Å². The molecule has 7 aliphatic rings. The van der Waals surface area contributed by atoms with Crippen molar-refractivity contribution in [1.82, 2.24) is 0 Å². The van der Waals surface area contributed by atoms with E-state index in [2.05, 4.69) is 0 Å². The molecule has 0 radical (unpaired) electrons. The molecule has 6 aliphatic carbocycles. The first-order chi connectivity index (χ1) is 8.97. The molecule has 0 spiro atoms. The summed E-state index contributed by atoms with van der Waals surface area (Å²) in [5.74, 6) is 8.46. The van der Waals surface area contributed by atoms with Crippen LogP contribution < -0.4 is 0 Å². The van der Waals surface area contributed by atoms with Crippen molar-refractivity contribution in [3.8, 4) is 0 Å². The van der Waals surface area contributed by atoms with Crippen LogP contribution in [-0.4, -0.2) is 12.7 Å². The van der Waals surface area contributed by atoms with Crippen LogP contribution in [0.1, 0.15) is 44.9 Å². The SMILES string of the molecule is C1CCCCC(C23C4C5C6C4C2C6C53)OCCC1. The smallest absolute Gasteiger partial charge is 0.0639 e.